The smallest absolute Gasteiger partial charge is 0.227 e. The molecule has 0 bridgehead atoms. The number of hydrogen-bond donors (Lipinski definition) is 1. The highest BCUT2D eigenvalue weighted by molar-refractivity contribution is 7.92. The first-order valence-corrected chi connectivity index (χ1v) is 11.9. The first-order valence-electron chi connectivity index (χ1n) is 10.0. The van der Waals surface area contributed by atoms with Crippen LogP contribution in [-0.4, -0.2) is 48.1 Å². The van der Waals surface area contributed by atoms with Crippen LogP contribution in [0.4, 0.5) is 0 Å². The van der Waals surface area contributed by atoms with Crippen LogP contribution in [0, 0.1) is 24.2 Å². The van der Waals surface area contributed by atoms with Crippen molar-refractivity contribution in [2.24, 2.45) is 5.92 Å². The van der Waals surface area contributed by atoms with E-state index in [1.165, 1.54) is 13.2 Å². The normalized spacial score (nSPS) is 24.5. The second kappa shape index (κ2) is 7.93. The minimum atomic E-state index is -3.79. The lowest BCUT2D eigenvalue weighted by Gasteiger charge is -2.19. The van der Waals surface area contributed by atoms with Gasteiger partial charge in [0.05, 0.1) is 45.1 Å². The average Bonchev–Trinajstić information content (AvgIpc) is 3.15. The van der Waals surface area contributed by atoms with Gasteiger partial charge in [-0.2, -0.15) is 10.4 Å². The fraction of sp³-hybridized carbons (Fsp3) is 0.476. The lowest BCUT2D eigenvalue weighted by Crippen LogP contribution is -2.42. The molecular weight excluding hydrogens is 440 g/mol. The summed E-state index contributed by atoms with van der Waals surface area (Å²) >= 11 is 6.37. The van der Waals surface area contributed by atoms with E-state index in [9.17, 15) is 18.5 Å². The summed E-state index contributed by atoms with van der Waals surface area (Å²) in [5, 5.41) is 15.5. The molecule has 0 radical (unpaired) electrons. The van der Waals surface area contributed by atoms with Crippen molar-refractivity contribution in [1.82, 2.24) is 15.1 Å². The Labute approximate surface area is 186 Å². The number of benzene rings is 1. The lowest BCUT2D eigenvalue weighted by molar-refractivity contribution is -0.128. The minimum Gasteiger partial charge on any atom is -0.381 e. The van der Waals surface area contributed by atoms with Crippen LogP contribution in [0.5, 0.6) is 0 Å². The molecule has 31 heavy (non-hydrogen) atoms. The number of carbonyl (C=O) groups is 1. The van der Waals surface area contributed by atoms with Gasteiger partial charge in [-0.25, -0.2) is 13.1 Å². The highest BCUT2D eigenvalue weighted by Crippen LogP contribution is 2.40. The van der Waals surface area contributed by atoms with E-state index in [4.69, 9.17) is 16.3 Å². The quantitative estimate of drug-likeness (QED) is 0.705. The van der Waals surface area contributed by atoms with Crippen molar-refractivity contribution in [3.63, 3.8) is 0 Å². The molecule has 3 atom stereocenters. The number of aromatic nitrogens is 2. The topological polar surface area (TPSA) is 114 Å². The number of nitrogens with zero attached hydrogens (tertiary/aromatic N) is 3. The van der Waals surface area contributed by atoms with Crippen LogP contribution in [0.25, 0.3) is 5.69 Å². The average molecular weight is 463 g/mol. The molecule has 8 nitrogen and oxygen atoms in total. The molecule has 0 spiro atoms. The van der Waals surface area contributed by atoms with Crippen LogP contribution in [-0.2, 0) is 19.4 Å². The summed E-state index contributed by atoms with van der Waals surface area (Å²) in [6.07, 6.45) is 4.50. The van der Waals surface area contributed by atoms with Crippen molar-refractivity contribution in [2.75, 3.05) is 7.11 Å². The number of sulfone groups is 1. The van der Waals surface area contributed by atoms with Crippen molar-refractivity contribution in [3.05, 3.63) is 41.2 Å². The third kappa shape index (κ3) is 4.07. The minimum absolute atomic E-state index is 0.0263. The van der Waals surface area contributed by atoms with Gasteiger partial charge in [-0.1, -0.05) is 11.6 Å². The van der Waals surface area contributed by atoms with Crippen LogP contribution < -0.4 is 5.32 Å². The van der Waals surface area contributed by atoms with Gasteiger partial charge in [-0.3, -0.25) is 4.79 Å². The van der Waals surface area contributed by atoms with E-state index < -0.39 is 32.6 Å². The van der Waals surface area contributed by atoms with Crippen LogP contribution in [0.15, 0.2) is 35.5 Å². The molecule has 1 aromatic carbocycles. The Balaban J connectivity index is 1.56. The molecule has 1 N–H and O–H groups in total. The summed E-state index contributed by atoms with van der Waals surface area (Å²) < 4.78 is 33.7. The summed E-state index contributed by atoms with van der Waals surface area (Å²) in [6, 6.07) is 6.82. The highest BCUT2D eigenvalue weighted by atomic mass is 35.5. The van der Waals surface area contributed by atoms with Gasteiger partial charge in [0, 0.05) is 13.3 Å². The Hall–Kier alpha value is -2.41. The zero-order chi connectivity index (χ0) is 22.4. The van der Waals surface area contributed by atoms with Gasteiger partial charge in [0.1, 0.15) is 5.54 Å². The maximum absolute atomic E-state index is 13.3. The van der Waals surface area contributed by atoms with Crippen molar-refractivity contribution in [1.29, 1.82) is 5.26 Å². The van der Waals surface area contributed by atoms with Crippen molar-refractivity contribution in [2.45, 2.75) is 54.4 Å². The SMILES string of the molecule is COC1CC(S(=O)(=O)c2ccc(-n3cc(C)cn3)cc2Cl)CC1C(=O)NC1(C#N)CC1. The van der Waals surface area contributed by atoms with E-state index in [0.717, 1.165) is 5.56 Å². The zero-order valence-electron chi connectivity index (χ0n) is 17.2. The number of halogens is 1. The van der Waals surface area contributed by atoms with E-state index in [1.807, 2.05) is 13.1 Å². The molecule has 2 aliphatic rings. The second-order valence-electron chi connectivity index (χ2n) is 8.28. The van der Waals surface area contributed by atoms with Crippen molar-refractivity contribution < 1.29 is 17.9 Å². The molecule has 1 amide bonds. The number of ether oxygens (including phenoxy) is 1. The molecule has 1 heterocycles. The molecule has 3 unspecified atom stereocenters. The Bertz CT molecular complexity index is 1170. The molecule has 2 aliphatic carbocycles. The number of carbonyl (C=O) groups excluding carboxylic acids is 1. The molecule has 10 heteroatoms. The van der Waals surface area contributed by atoms with Crippen molar-refractivity contribution >= 4 is 27.3 Å². The number of nitrogens with one attached hydrogen (secondary N) is 1. The number of amides is 1. The first kappa shape index (κ1) is 21.8. The molecule has 2 saturated carbocycles. The Morgan fingerprint density at radius 2 is 2.13 bits per heavy atom. The summed E-state index contributed by atoms with van der Waals surface area (Å²) in [6.45, 7) is 1.91. The molecule has 0 saturated heterocycles. The fourth-order valence-electron chi connectivity index (χ4n) is 4.06. The van der Waals surface area contributed by atoms with Crippen LogP contribution in [0.1, 0.15) is 31.2 Å². The predicted octanol–water partition coefficient (Wildman–Crippen LogP) is 2.57. The molecule has 2 aromatic rings. The van der Waals surface area contributed by atoms with Gasteiger partial charge in [-0.05, 0) is 56.4 Å². The maximum Gasteiger partial charge on any atom is 0.227 e. The molecule has 2 fully saturated rings. The van der Waals surface area contributed by atoms with Crippen LogP contribution >= 0.6 is 11.6 Å². The predicted molar refractivity (Wildman–Crippen MR) is 114 cm³/mol. The summed E-state index contributed by atoms with van der Waals surface area (Å²) in [7, 11) is -2.33. The lowest BCUT2D eigenvalue weighted by atomic mass is 10.0. The number of rotatable bonds is 6. The molecule has 0 aliphatic heterocycles. The van der Waals surface area contributed by atoms with E-state index in [2.05, 4.69) is 16.5 Å². The Kier molecular flexibility index (Phi) is 5.58. The molecule has 164 valence electrons. The molecule has 1 aromatic heterocycles. The Morgan fingerprint density at radius 3 is 2.68 bits per heavy atom. The molecular formula is C21H23ClN4O4S. The van der Waals surface area contributed by atoms with E-state index >= 15 is 0 Å². The highest BCUT2D eigenvalue weighted by Gasteiger charge is 2.50. The summed E-state index contributed by atoms with van der Waals surface area (Å²) in [5.74, 6) is -0.972. The Morgan fingerprint density at radius 1 is 1.39 bits per heavy atom. The second-order valence-corrected chi connectivity index (χ2v) is 10.9. The largest absolute Gasteiger partial charge is 0.381 e. The summed E-state index contributed by atoms with van der Waals surface area (Å²) in [5.41, 5.74) is 0.816. The van der Waals surface area contributed by atoms with Crippen LogP contribution in [0.3, 0.4) is 0 Å². The third-order valence-corrected chi connectivity index (χ3v) is 8.72. The van der Waals surface area contributed by atoms with Gasteiger partial charge in [0.25, 0.3) is 0 Å². The fourth-order valence-corrected chi connectivity index (χ4v) is 6.41. The van der Waals surface area contributed by atoms with Gasteiger partial charge in [0.15, 0.2) is 9.84 Å². The zero-order valence-corrected chi connectivity index (χ0v) is 18.8. The van der Waals surface area contributed by atoms with Gasteiger partial charge in [0.2, 0.25) is 5.91 Å². The maximum atomic E-state index is 13.3. The van der Waals surface area contributed by atoms with Gasteiger partial charge >= 0.3 is 0 Å². The van der Waals surface area contributed by atoms with E-state index in [1.54, 1.807) is 23.0 Å². The summed E-state index contributed by atoms with van der Waals surface area (Å²) in [4.78, 5) is 12.8. The number of aryl methyl sites for hydroxylation is 1. The number of nitriles is 1. The van der Waals surface area contributed by atoms with Crippen molar-refractivity contribution in [3.8, 4) is 11.8 Å². The number of hydrogen-bond acceptors (Lipinski definition) is 6. The third-order valence-electron chi connectivity index (χ3n) is 6.06. The first-order chi connectivity index (χ1) is 14.7. The van der Waals surface area contributed by atoms with Gasteiger partial charge < -0.3 is 10.1 Å². The van der Waals surface area contributed by atoms with E-state index in [0.29, 0.717) is 18.5 Å². The monoisotopic (exact) mass is 462 g/mol. The standard InChI is InChI=1S/C21H23ClN4O4S/c1-13-10-24-26(11-13)14-3-4-19(17(22)7-14)31(28,29)15-8-16(18(9-15)30-2)20(27)25-21(12-23)5-6-21/h3-4,7,10-11,15-16,18H,5-6,8-9H2,1-2H3,(H,25,27). The van der Waals surface area contributed by atoms with E-state index in [-0.39, 0.29) is 28.7 Å². The van der Waals surface area contributed by atoms with Crippen LogP contribution in [0.2, 0.25) is 5.02 Å². The molecule has 4 rings (SSSR count). The van der Waals surface area contributed by atoms with Gasteiger partial charge in [-0.15, -0.1) is 0 Å². The number of methoxy groups -OCH3 is 1.